The molecule has 0 aromatic carbocycles. The lowest BCUT2D eigenvalue weighted by molar-refractivity contribution is 0.834. The molecule has 0 saturated heterocycles. The lowest BCUT2D eigenvalue weighted by atomic mass is 10.1. The van der Waals surface area contributed by atoms with Crippen LogP contribution in [0.2, 0.25) is 0 Å². The smallest absolute Gasteiger partial charge is 0.122 e. The minimum absolute atomic E-state index is 0.565. The van der Waals surface area contributed by atoms with E-state index >= 15 is 0 Å². The summed E-state index contributed by atoms with van der Waals surface area (Å²) >= 11 is 1.68. The van der Waals surface area contributed by atoms with Crippen LogP contribution in [0, 0.1) is 5.92 Å². The predicted molar refractivity (Wildman–Crippen MR) is 59.7 cm³/mol. The summed E-state index contributed by atoms with van der Waals surface area (Å²) in [6.45, 7) is 6.38. The van der Waals surface area contributed by atoms with Crippen LogP contribution in [-0.2, 0) is 0 Å². The van der Waals surface area contributed by atoms with Crippen molar-refractivity contribution in [3.8, 4) is 0 Å². The van der Waals surface area contributed by atoms with Gasteiger partial charge in [0, 0.05) is 17.2 Å². The third-order valence-electron chi connectivity index (χ3n) is 1.54. The van der Waals surface area contributed by atoms with E-state index in [4.69, 9.17) is 0 Å². The molecule has 0 aliphatic rings. The van der Waals surface area contributed by atoms with E-state index in [2.05, 4.69) is 37.1 Å². The Morgan fingerprint density at radius 3 is 2.77 bits per heavy atom. The molecular formula is C11H15NS. The Bertz CT molecular complexity index is 294. The molecule has 0 saturated carbocycles. The second kappa shape index (κ2) is 4.97. The van der Waals surface area contributed by atoms with Crippen molar-refractivity contribution in [3.63, 3.8) is 0 Å². The molecule has 0 radical (unpaired) electrons. The summed E-state index contributed by atoms with van der Waals surface area (Å²) in [5.41, 5.74) is 1.23. The van der Waals surface area contributed by atoms with E-state index < -0.39 is 0 Å². The van der Waals surface area contributed by atoms with Gasteiger partial charge in [-0.2, -0.15) is 0 Å². The summed E-state index contributed by atoms with van der Waals surface area (Å²) in [6, 6.07) is 0. The number of nitrogens with zero attached hydrogens (tertiary/aromatic N) is 1. The Hall–Kier alpha value is -0.890. The van der Waals surface area contributed by atoms with E-state index in [1.54, 1.807) is 11.3 Å². The SMILES string of the molecule is C/C=C\C(=C/C(C)C)c1nccs1. The Labute approximate surface area is 83.8 Å². The van der Waals surface area contributed by atoms with Gasteiger partial charge in [0.2, 0.25) is 0 Å². The van der Waals surface area contributed by atoms with Gasteiger partial charge in [0.05, 0.1) is 0 Å². The zero-order valence-corrected chi connectivity index (χ0v) is 9.14. The van der Waals surface area contributed by atoms with Gasteiger partial charge in [-0.15, -0.1) is 11.3 Å². The maximum Gasteiger partial charge on any atom is 0.122 e. The number of hydrogen-bond donors (Lipinski definition) is 0. The molecule has 1 aromatic rings. The number of aromatic nitrogens is 1. The largest absolute Gasteiger partial charge is 0.245 e. The van der Waals surface area contributed by atoms with Gasteiger partial charge in [-0.25, -0.2) is 4.98 Å². The zero-order valence-electron chi connectivity index (χ0n) is 8.32. The minimum Gasteiger partial charge on any atom is -0.245 e. The molecule has 70 valence electrons. The predicted octanol–water partition coefficient (Wildman–Crippen LogP) is 3.76. The first-order valence-electron chi connectivity index (χ1n) is 4.48. The molecule has 1 heterocycles. The van der Waals surface area contributed by atoms with Gasteiger partial charge in [0.1, 0.15) is 5.01 Å². The van der Waals surface area contributed by atoms with Crippen molar-refractivity contribution in [2.75, 3.05) is 0 Å². The van der Waals surface area contributed by atoms with Crippen LogP contribution in [0.1, 0.15) is 25.8 Å². The van der Waals surface area contributed by atoms with Gasteiger partial charge in [0.15, 0.2) is 0 Å². The van der Waals surface area contributed by atoms with Crippen LogP contribution >= 0.6 is 11.3 Å². The fraction of sp³-hybridized carbons (Fsp3) is 0.364. The maximum atomic E-state index is 4.29. The number of rotatable bonds is 3. The molecule has 0 amide bonds. The Kier molecular flexibility index (Phi) is 3.90. The molecule has 0 N–H and O–H groups in total. The molecule has 1 nitrogen and oxygen atoms in total. The summed E-state index contributed by atoms with van der Waals surface area (Å²) in [5, 5.41) is 3.11. The van der Waals surface area contributed by atoms with E-state index in [0.717, 1.165) is 5.01 Å². The van der Waals surface area contributed by atoms with Crippen molar-refractivity contribution in [2.24, 2.45) is 5.92 Å². The third kappa shape index (κ3) is 3.15. The lowest BCUT2D eigenvalue weighted by Crippen LogP contribution is -1.84. The first-order chi connectivity index (χ1) is 6.24. The Balaban J connectivity index is 2.93. The van der Waals surface area contributed by atoms with Crippen LogP contribution < -0.4 is 0 Å². The topological polar surface area (TPSA) is 12.9 Å². The van der Waals surface area contributed by atoms with Crippen molar-refractivity contribution in [1.29, 1.82) is 0 Å². The van der Waals surface area contributed by atoms with E-state index in [0.29, 0.717) is 5.92 Å². The normalized spacial score (nSPS) is 13.1. The number of thiazole rings is 1. The molecule has 0 fully saturated rings. The molecule has 0 aliphatic heterocycles. The third-order valence-corrected chi connectivity index (χ3v) is 2.36. The fourth-order valence-corrected chi connectivity index (χ4v) is 1.75. The molecule has 0 aliphatic carbocycles. The summed E-state index contributed by atoms with van der Waals surface area (Å²) in [7, 11) is 0. The number of hydrogen-bond acceptors (Lipinski definition) is 2. The highest BCUT2D eigenvalue weighted by atomic mass is 32.1. The van der Waals surface area contributed by atoms with Gasteiger partial charge in [-0.1, -0.05) is 32.1 Å². The highest BCUT2D eigenvalue weighted by molar-refractivity contribution is 7.10. The van der Waals surface area contributed by atoms with E-state index in [1.165, 1.54) is 5.57 Å². The van der Waals surface area contributed by atoms with Gasteiger partial charge < -0.3 is 0 Å². The van der Waals surface area contributed by atoms with Crippen molar-refractivity contribution < 1.29 is 0 Å². The molecule has 1 rings (SSSR count). The molecule has 1 aromatic heterocycles. The summed E-state index contributed by atoms with van der Waals surface area (Å²) in [5.74, 6) is 0.565. The highest BCUT2D eigenvalue weighted by Crippen LogP contribution is 2.20. The molecule has 0 spiro atoms. The second-order valence-corrected chi connectivity index (χ2v) is 4.10. The fourth-order valence-electron chi connectivity index (χ4n) is 1.10. The molecule has 0 atom stereocenters. The molecule has 0 unspecified atom stereocenters. The van der Waals surface area contributed by atoms with Crippen LogP contribution in [0.15, 0.2) is 29.8 Å². The van der Waals surface area contributed by atoms with Gasteiger partial charge >= 0.3 is 0 Å². The Morgan fingerprint density at radius 2 is 2.31 bits per heavy atom. The van der Waals surface area contributed by atoms with E-state index in [9.17, 15) is 0 Å². The zero-order chi connectivity index (χ0) is 9.68. The van der Waals surface area contributed by atoms with Crippen LogP contribution in [0.25, 0.3) is 5.57 Å². The van der Waals surface area contributed by atoms with Crippen LogP contribution in [-0.4, -0.2) is 4.98 Å². The molecule has 0 bridgehead atoms. The average molecular weight is 193 g/mol. The van der Waals surface area contributed by atoms with Crippen LogP contribution in [0.3, 0.4) is 0 Å². The van der Waals surface area contributed by atoms with Gasteiger partial charge in [-0.3, -0.25) is 0 Å². The van der Waals surface area contributed by atoms with Crippen LogP contribution in [0.5, 0.6) is 0 Å². The van der Waals surface area contributed by atoms with Gasteiger partial charge in [0.25, 0.3) is 0 Å². The first-order valence-corrected chi connectivity index (χ1v) is 5.36. The number of allylic oxidation sites excluding steroid dienone is 4. The van der Waals surface area contributed by atoms with Crippen molar-refractivity contribution in [1.82, 2.24) is 4.98 Å². The molecule has 2 heteroatoms. The summed E-state index contributed by atoms with van der Waals surface area (Å²) < 4.78 is 0. The van der Waals surface area contributed by atoms with Crippen LogP contribution in [0.4, 0.5) is 0 Å². The summed E-state index contributed by atoms with van der Waals surface area (Å²) in [6.07, 6.45) is 8.24. The minimum atomic E-state index is 0.565. The van der Waals surface area contributed by atoms with Gasteiger partial charge in [-0.05, 0) is 12.8 Å². The molecule has 13 heavy (non-hydrogen) atoms. The second-order valence-electron chi connectivity index (χ2n) is 3.20. The lowest BCUT2D eigenvalue weighted by Gasteiger charge is -2.00. The van der Waals surface area contributed by atoms with E-state index in [1.807, 2.05) is 18.5 Å². The Morgan fingerprint density at radius 1 is 1.54 bits per heavy atom. The maximum absolute atomic E-state index is 4.29. The highest BCUT2D eigenvalue weighted by Gasteiger charge is 2.00. The van der Waals surface area contributed by atoms with Crippen molar-refractivity contribution >= 4 is 16.9 Å². The van der Waals surface area contributed by atoms with Crippen molar-refractivity contribution in [3.05, 3.63) is 34.8 Å². The first kappa shape index (κ1) is 10.2. The monoisotopic (exact) mass is 193 g/mol. The summed E-state index contributed by atoms with van der Waals surface area (Å²) in [4.78, 5) is 4.29. The quantitative estimate of drug-likeness (QED) is 0.666. The van der Waals surface area contributed by atoms with Crippen molar-refractivity contribution in [2.45, 2.75) is 20.8 Å². The van der Waals surface area contributed by atoms with E-state index in [-0.39, 0.29) is 0 Å². The average Bonchev–Trinajstić information content (AvgIpc) is 2.54. The molecular weight excluding hydrogens is 178 g/mol. The standard InChI is InChI=1S/C11H15NS/c1-4-5-10(8-9(2)3)11-12-6-7-13-11/h4-9H,1-3H3/b5-4-,10-8+.